The molecule has 5 nitrogen and oxygen atoms in total. The molecule has 0 aliphatic carbocycles. The van der Waals surface area contributed by atoms with E-state index in [0.29, 0.717) is 17.7 Å². The summed E-state index contributed by atoms with van der Waals surface area (Å²) in [6.07, 6.45) is 0.909. The molecule has 1 atom stereocenters. The van der Waals surface area contributed by atoms with Crippen LogP contribution >= 0.6 is 11.6 Å². The highest BCUT2D eigenvalue weighted by atomic mass is 35.5. The Morgan fingerprint density at radius 3 is 2.05 bits per heavy atom. The number of carboxylic acids is 1. The van der Waals surface area contributed by atoms with Gasteiger partial charge < -0.3 is 14.7 Å². The van der Waals surface area contributed by atoms with Crippen LogP contribution in [0.2, 0.25) is 5.02 Å². The largest absolute Gasteiger partial charge is 0.489 e. The average Bonchev–Trinajstić information content (AvgIpc) is 2.98. The number of hydrogen-bond donors (Lipinski definition) is 1. The van der Waals surface area contributed by atoms with Gasteiger partial charge in [0.2, 0.25) is 5.91 Å². The molecule has 40 heavy (non-hydrogen) atoms. The van der Waals surface area contributed by atoms with E-state index in [4.69, 9.17) is 16.3 Å². The lowest BCUT2D eigenvalue weighted by molar-refractivity contribution is -0.149. The van der Waals surface area contributed by atoms with Crippen molar-refractivity contribution in [1.82, 2.24) is 4.90 Å². The van der Waals surface area contributed by atoms with Crippen LogP contribution in [0.25, 0.3) is 0 Å². The van der Waals surface area contributed by atoms with Crippen molar-refractivity contribution in [2.24, 2.45) is 0 Å². The van der Waals surface area contributed by atoms with E-state index in [0.717, 1.165) is 16.7 Å². The summed E-state index contributed by atoms with van der Waals surface area (Å²) in [6, 6.07) is 30.6. The highest BCUT2D eigenvalue weighted by Gasteiger charge is 2.27. The molecule has 4 aromatic carbocycles. The van der Waals surface area contributed by atoms with Gasteiger partial charge in [-0.1, -0.05) is 96.5 Å². The first-order valence-electron chi connectivity index (χ1n) is 13.1. The van der Waals surface area contributed by atoms with Crippen LogP contribution in [-0.2, 0) is 22.6 Å². The number of ether oxygens (including phenoxy) is 1. The number of aliphatic carboxylic acids is 1. The van der Waals surface area contributed by atoms with Gasteiger partial charge in [-0.3, -0.25) is 4.79 Å². The Labute approximate surface area is 238 Å². The lowest BCUT2D eigenvalue weighted by atomic mass is 9.87. The Morgan fingerprint density at radius 2 is 1.48 bits per heavy atom. The number of rotatable bonds is 12. The third-order valence-corrected chi connectivity index (χ3v) is 7.27. The van der Waals surface area contributed by atoms with Crippen molar-refractivity contribution in [3.05, 3.63) is 136 Å². The van der Waals surface area contributed by atoms with Gasteiger partial charge in [-0.25, -0.2) is 9.18 Å². The van der Waals surface area contributed by atoms with Crippen molar-refractivity contribution in [2.45, 2.75) is 37.8 Å². The molecule has 0 saturated carbocycles. The fraction of sp³-hybridized carbons (Fsp3) is 0.212. The molecule has 0 radical (unpaired) electrons. The van der Waals surface area contributed by atoms with Crippen molar-refractivity contribution in [3.8, 4) is 5.75 Å². The summed E-state index contributed by atoms with van der Waals surface area (Å²) < 4.78 is 19.8. The zero-order valence-corrected chi connectivity index (χ0v) is 22.9. The fourth-order valence-electron chi connectivity index (χ4n) is 4.67. The zero-order chi connectivity index (χ0) is 28.5. The molecule has 1 N–H and O–H groups in total. The highest BCUT2D eigenvalue weighted by Crippen LogP contribution is 2.29. The SMILES string of the molecule is CN(C(=O)CCC(c1ccccc1)c1ccccc1)C(Cc1ccc(OCc2cccc(Cl)c2F)cc1)C(=O)O. The van der Waals surface area contributed by atoms with Crippen molar-refractivity contribution >= 4 is 23.5 Å². The summed E-state index contributed by atoms with van der Waals surface area (Å²) in [6.45, 7) is 0.00763. The molecule has 206 valence electrons. The van der Waals surface area contributed by atoms with Crippen LogP contribution in [0.4, 0.5) is 4.39 Å². The second kappa shape index (κ2) is 13.8. The number of carbonyl (C=O) groups is 2. The van der Waals surface area contributed by atoms with Crippen molar-refractivity contribution in [3.63, 3.8) is 0 Å². The maximum atomic E-state index is 14.1. The molecule has 0 bridgehead atoms. The molecule has 7 heteroatoms. The van der Waals surface area contributed by atoms with Crippen LogP contribution in [0.1, 0.15) is 41.0 Å². The molecule has 1 unspecified atom stereocenters. The number of carboxylic acid groups (broad SMARTS) is 1. The summed E-state index contributed by atoms with van der Waals surface area (Å²) >= 11 is 5.82. The molecule has 4 rings (SSSR count). The average molecular weight is 560 g/mol. The molecule has 0 heterocycles. The summed E-state index contributed by atoms with van der Waals surface area (Å²) in [5, 5.41) is 9.97. The second-order valence-corrected chi connectivity index (χ2v) is 10.0. The van der Waals surface area contributed by atoms with Gasteiger partial charge in [0.1, 0.15) is 24.2 Å². The first-order valence-corrected chi connectivity index (χ1v) is 13.4. The predicted octanol–water partition coefficient (Wildman–Crippen LogP) is 7.12. The number of nitrogens with zero attached hydrogens (tertiary/aromatic N) is 1. The molecule has 4 aromatic rings. The Hall–Kier alpha value is -4.16. The van der Waals surface area contributed by atoms with E-state index in [1.54, 1.807) is 36.4 Å². The van der Waals surface area contributed by atoms with Gasteiger partial charge in [-0.2, -0.15) is 0 Å². The van der Waals surface area contributed by atoms with Gasteiger partial charge >= 0.3 is 5.97 Å². The normalized spacial score (nSPS) is 11.7. The molecule has 0 aliphatic rings. The van der Waals surface area contributed by atoms with Crippen LogP contribution in [0.15, 0.2) is 103 Å². The third-order valence-electron chi connectivity index (χ3n) is 6.98. The molecule has 0 spiro atoms. The fourth-order valence-corrected chi connectivity index (χ4v) is 4.86. The van der Waals surface area contributed by atoms with E-state index in [2.05, 4.69) is 0 Å². The predicted molar refractivity (Wildman–Crippen MR) is 154 cm³/mol. The maximum absolute atomic E-state index is 14.1. The number of carbonyl (C=O) groups excluding carboxylic acids is 1. The first kappa shape index (κ1) is 28.8. The minimum atomic E-state index is -1.07. The van der Waals surface area contributed by atoms with Gasteiger partial charge in [-0.05, 0) is 41.3 Å². The second-order valence-electron chi connectivity index (χ2n) is 9.62. The van der Waals surface area contributed by atoms with E-state index in [-0.39, 0.29) is 36.3 Å². The number of hydrogen-bond acceptors (Lipinski definition) is 3. The number of benzene rings is 4. The van der Waals surface area contributed by atoms with Crippen molar-refractivity contribution in [2.75, 3.05) is 7.05 Å². The van der Waals surface area contributed by atoms with Gasteiger partial charge in [0, 0.05) is 31.4 Å². The van der Waals surface area contributed by atoms with Crippen LogP contribution in [0, 0.1) is 5.82 Å². The Balaban J connectivity index is 1.38. The molecule has 0 aromatic heterocycles. The minimum Gasteiger partial charge on any atom is -0.489 e. The summed E-state index contributed by atoms with van der Waals surface area (Å²) in [7, 11) is 1.54. The molecule has 1 amide bonds. The number of halogens is 2. The quantitative estimate of drug-likeness (QED) is 0.201. The van der Waals surface area contributed by atoms with Crippen LogP contribution in [0.5, 0.6) is 5.75 Å². The molecular formula is C33H31ClFNO4. The third kappa shape index (κ3) is 7.48. The van der Waals surface area contributed by atoms with Gasteiger partial charge in [0.15, 0.2) is 0 Å². The Morgan fingerprint density at radius 1 is 0.875 bits per heavy atom. The Bertz CT molecular complexity index is 1370. The molecular weight excluding hydrogens is 529 g/mol. The lowest BCUT2D eigenvalue weighted by Gasteiger charge is -2.26. The summed E-state index contributed by atoms with van der Waals surface area (Å²) in [4.78, 5) is 26.6. The van der Waals surface area contributed by atoms with Crippen molar-refractivity contribution in [1.29, 1.82) is 0 Å². The number of amides is 1. The Kier molecular flexibility index (Phi) is 9.92. The van der Waals surface area contributed by atoms with Crippen LogP contribution in [-0.4, -0.2) is 35.0 Å². The summed E-state index contributed by atoms with van der Waals surface area (Å²) in [5.74, 6) is -1.29. The van der Waals surface area contributed by atoms with Crippen LogP contribution < -0.4 is 4.74 Å². The lowest BCUT2D eigenvalue weighted by Crippen LogP contribution is -2.43. The highest BCUT2D eigenvalue weighted by molar-refractivity contribution is 6.30. The maximum Gasteiger partial charge on any atom is 0.326 e. The zero-order valence-electron chi connectivity index (χ0n) is 22.2. The molecule has 0 aliphatic heterocycles. The van der Waals surface area contributed by atoms with E-state index in [1.807, 2.05) is 60.7 Å². The molecule has 0 saturated heterocycles. The smallest absolute Gasteiger partial charge is 0.326 e. The van der Waals surface area contributed by atoms with Gasteiger partial charge in [0.05, 0.1) is 5.02 Å². The van der Waals surface area contributed by atoms with E-state index >= 15 is 0 Å². The standard InChI is InChI=1S/C33H31ClFNO4/c1-36(31(37)20-19-28(24-9-4-2-5-10-24)25-11-6-3-7-12-25)30(33(38)39)21-23-15-17-27(18-16-23)40-22-26-13-8-14-29(34)32(26)35/h2-18,28,30H,19-22H2,1H3,(H,38,39). The van der Waals surface area contributed by atoms with E-state index in [9.17, 15) is 19.1 Å². The van der Waals surface area contributed by atoms with Gasteiger partial charge in [0.25, 0.3) is 0 Å². The minimum absolute atomic E-state index is 0.00763. The van der Waals surface area contributed by atoms with E-state index in [1.165, 1.54) is 18.0 Å². The van der Waals surface area contributed by atoms with Crippen molar-refractivity contribution < 1.29 is 23.8 Å². The van der Waals surface area contributed by atoms with Gasteiger partial charge in [-0.15, -0.1) is 0 Å². The topological polar surface area (TPSA) is 66.8 Å². The first-order chi connectivity index (χ1) is 19.3. The summed E-state index contributed by atoms with van der Waals surface area (Å²) in [5.41, 5.74) is 3.29. The molecule has 0 fully saturated rings. The van der Waals surface area contributed by atoms with Crippen LogP contribution in [0.3, 0.4) is 0 Å². The van der Waals surface area contributed by atoms with E-state index < -0.39 is 17.8 Å². The monoisotopic (exact) mass is 559 g/mol. The number of likely N-dealkylation sites (N-methyl/N-ethyl adjacent to an activating group) is 1.